The Morgan fingerprint density at radius 2 is 1.84 bits per heavy atom. The fraction of sp³-hybridized carbons (Fsp3) is 0.762. The van der Waals surface area contributed by atoms with Crippen LogP contribution >= 0.6 is 0 Å². The molecule has 0 saturated heterocycles. The van der Waals surface area contributed by atoms with Gasteiger partial charge in [-0.05, 0) is 33.1 Å². The first-order valence-corrected chi connectivity index (χ1v) is 10.3. The highest BCUT2D eigenvalue weighted by molar-refractivity contribution is 5.72. The van der Waals surface area contributed by atoms with E-state index in [1.165, 1.54) is 57.8 Å². The maximum Gasteiger partial charge on any atom is 0.217 e. The predicted octanol–water partition coefficient (Wildman–Crippen LogP) is 4.45. The smallest absolute Gasteiger partial charge is 0.217 e. The molecule has 1 aliphatic rings. The van der Waals surface area contributed by atoms with Crippen molar-refractivity contribution in [3.8, 4) is 0 Å². The average molecular weight is 351 g/mol. The van der Waals surface area contributed by atoms with Crippen LogP contribution in [0.25, 0.3) is 0 Å². The van der Waals surface area contributed by atoms with E-state index < -0.39 is 0 Å². The van der Waals surface area contributed by atoms with Crippen molar-refractivity contribution in [3.63, 3.8) is 0 Å². The van der Waals surface area contributed by atoms with Crippen molar-refractivity contribution in [1.29, 1.82) is 0 Å². The third-order valence-corrected chi connectivity index (χ3v) is 5.36. The number of carbonyl (C=O) groups excluding carboxylic acids is 1. The van der Waals surface area contributed by atoms with Crippen molar-refractivity contribution in [3.05, 3.63) is 24.6 Å². The molecule has 0 aromatic rings. The van der Waals surface area contributed by atoms with Crippen LogP contribution in [0.5, 0.6) is 0 Å². The number of unbranched alkanes of at least 4 members (excludes halogenated alkanes) is 7. The lowest BCUT2D eigenvalue weighted by Crippen LogP contribution is -2.55. The Labute approximate surface area is 155 Å². The highest BCUT2D eigenvalue weighted by atomic mass is 16.1. The van der Waals surface area contributed by atoms with Gasteiger partial charge in [-0.2, -0.15) is 0 Å². The molecule has 144 valence electrons. The number of quaternary nitrogens is 1. The lowest BCUT2D eigenvalue weighted by atomic mass is 10.1. The largest absolute Gasteiger partial charge is 0.351 e. The number of carbonyl (C=O) groups is 1. The third kappa shape index (κ3) is 8.57. The number of rotatable bonds is 14. The molecule has 4 nitrogen and oxygen atoms in total. The van der Waals surface area contributed by atoms with Crippen LogP contribution in [-0.2, 0) is 4.79 Å². The van der Waals surface area contributed by atoms with Crippen molar-refractivity contribution in [2.24, 2.45) is 0 Å². The molecule has 0 saturated carbocycles. The molecule has 0 bridgehead atoms. The van der Waals surface area contributed by atoms with Gasteiger partial charge in [0.05, 0.1) is 19.3 Å². The number of hydrogen-bond donors (Lipinski definition) is 2. The Morgan fingerprint density at radius 1 is 1.16 bits per heavy atom. The van der Waals surface area contributed by atoms with Gasteiger partial charge in [-0.1, -0.05) is 44.3 Å². The number of nitrogens with zero attached hydrogens (tertiary/aromatic N) is 1. The van der Waals surface area contributed by atoms with Crippen molar-refractivity contribution in [2.45, 2.75) is 84.7 Å². The van der Waals surface area contributed by atoms with Gasteiger partial charge >= 0.3 is 0 Å². The second kappa shape index (κ2) is 13.0. The maximum absolute atomic E-state index is 11.1. The molecule has 1 amide bonds. The van der Waals surface area contributed by atoms with Crippen molar-refractivity contribution >= 4 is 5.91 Å². The van der Waals surface area contributed by atoms with Gasteiger partial charge in [0.2, 0.25) is 5.91 Å². The minimum absolute atomic E-state index is 0.0626. The lowest BCUT2D eigenvalue weighted by molar-refractivity contribution is -0.898. The van der Waals surface area contributed by atoms with Crippen LogP contribution in [0.15, 0.2) is 24.6 Å². The minimum atomic E-state index is 0.0626. The van der Waals surface area contributed by atoms with Gasteiger partial charge in [-0.25, -0.2) is 0 Å². The molecule has 0 spiro atoms. The first kappa shape index (κ1) is 21.8. The Balaban J connectivity index is 2.15. The molecular formula is C21H40N3O+. The Morgan fingerprint density at radius 3 is 2.48 bits per heavy atom. The molecule has 0 aromatic carbocycles. The Bertz CT molecular complexity index is 419. The van der Waals surface area contributed by atoms with Gasteiger partial charge in [-0.3, -0.25) is 9.28 Å². The minimum Gasteiger partial charge on any atom is -0.351 e. The van der Waals surface area contributed by atoms with E-state index in [1.54, 1.807) is 6.92 Å². The van der Waals surface area contributed by atoms with Crippen molar-refractivity contribution < 1.29 is 9.28 Å². The summed E-state index contributed by atoms with van der Waals surface area (Å²) in [6.45, 7) is 8.72. The summed E-state index contributed by atoms with van der Waals surface area (Å²) in [5.41, 5.74) is 0. The molecule has 25 heavy (non-hydrogen) atoms. The lowest BCUT2D eigenvalue weighted by Gasteiger charge is -2.37. The predicted molar refractivity (Wildman–Crippen MR) is 107 cm³/mol. The zero-order chi connectivity index (χ0) is 18.4. The Hall–Kier alpha value is -1.29. The van der Waals surface area contributed by atoms with Crippen LogP contribution in [0.4, 0.5) is 0 Å². The number of allylic oxidation sites excluding steroid dienone is 2. The summed E-state index contributed by atoms with van der Waals surface area (Å²) in [4.78, 5) is 11.1. The molecule has 2 unspecified atom stereocenters. The van der Waals surface area contributed by atoms with E-state index in [9.17, 15) is 4.79 Å². The number of amides is 1. The summed E-state index contributed by atoms with van der Waals surface area (Å²) in [6.07, 6.45) is 21.2. The molecule has 1 heterocycles. The van der Waals surface area contributed by atoms with Gasteiger partial charge in [0.1, 0.15) is 12.7 Å². The monoisotopic (exact) mass is 350 g/mol. The summed E-state index contributed by atoms with van der Waals surface area (Å²) in [5, 5.41) is 6.48. The van der Waals surface area contributed by atoms with Gasteiger partial charge in [-0.15, -0.1) is 0 Å². The molecule has 1 rings (SSSR count). The van der Waals surface area contributed by atoms with E-state index in [1.807, 2.05) is 0 Å². The number of likely N-dealkylation sites (N-methyl/N-ethyl adjacent to an activating group) is 1. The van der Waals surface area contributed by atoms with Gasteiger partial charge in [0, 0.05) is 13.3 Å². The van der Waals surface area contributed by atoms with E-state index in [0.29, 0.717) is 6.17 Å². The maximum atomic E-state index is 11.1. The summed E-state index contributed by atoms with van der Waals surface area (Å²) in [6, 6.07) is 0. The summed E-state index contributed by atoms with van der Waals surface area (Å²) in [7, 11) is 0. The first-order valence-electron chi connectivity index (χ1n) is 10.3. The van der Waals surface area contributed by atoms with Gasteiger partial charge < -0.3 is 10.6 Å². The van der Waals surface area contributed by atoms with Crippen molar-refractivity contribution in [2.75, 3.05) is 19.6 Å². The molecule has 2 N–H and O–H groups in total. The molecule has 1 aliphatic heterocycles. The molecular weight excluding hydrogens is 310 g/mol. The third-order valence-electron chi connectivity index (χ3n) is 5.36. The molecule has 0 radical (unpaired) electrons. The normalized spacial score (nSPS) is 22.4. The second-order valence-electron chi connectivity index (χ2n) is 7.25. The van der Waals surface area contributed by atoms with E-state index >= 15 is 0 Å². The number of nitrogens with one attached hydrogen (secondary N) is 2. The SMILES string of the molecule is C/C=C/CCCCCCCCCC1NC=C[N+]1(CC)CCNC(C)=O. The zero-order valence-electron chi connectivity index (χ0n) is 16.7. The zero-order valence-corrected chi connectivity index (χ0v) is 16.7. The van der Waals surface area contributed by atoms with Crippen LogP contribution in [0.1, 0.15) is 78.6 Å². The van der Waals surface area contributed by atoms with Crippen LogP contribution in [0.3, 0.4) is 0 Å². The first-order chi connectivity index (χ1) is 12.1. The molecule has 2 atom stereocenters. The van der Waals surface area contributed by atoms with Crippen LogP contribution < -0.4 is 10.6 Å². The van der Waals surface area contributed by atoms with E-state index in [4.69, 9.17) is 0 Å². The quantitative estimate of drug-likeness (QED) is 0.276. The Kier molecular flexibility index (Phi) is 11.3. The molecule has 4 heteroatoms. The molecule has 0 aliphatic carbocycles. The summed E-state index contributed by atoms with van der Waals surface area (Å²) < 4.78 is 0.950. The van der Waals surface area contributed by atoms with Crippen LogP contribution in [0, 0.1) is 0 Å². The molecule has 0 fully saturated rings. The highest BCUT2D eigenvalue weighted by Gasteiger charge is 2.36. The topological polar surface area (TPSA) is 41.1 Å². The standard InChI is InChI=1S/C21H39N3O/c1-4-6-7-8-9-10-11-12-13-14-15-21-23-17-19-24(21,5-2)18-16-22-20(3)25/h4,6,17,19,21,23H,5,7-16,18H2,1-3H3/p+1/b6-4+. The second-order valence-corrected chi connectivity index (χ2v) is 7.25. The summed E-state index contributed by atoms with van der Waals surface area (Å²) >= 11 is 0. The molecule has 0 aromatic heterocycles. The van der Waals surface area contributed by atoms with Crippen LogP contribution in [-0.4, -0.2) is 36.2 Å². The van der Waals surface area contributed by atoms with E-state index in [2.05, 4.69) is 49.0 Å². The van der Waals surface area contributed by atoms with Crippen molar-refractivity contribution in [1.82, 2.24) is 10.6 Å². The van der Waals surface area contributed by atoms with Gasteiger partial charge in [0.25, 0.3) is 0 Å². The van der Waals surface area contributed by atoms with Crippen LogP contribution in [0.2, 0.25) is 0 Å². The summed E-state index contributed by atoms with van der Waals surface area (Å²) in [5.74, 6) is 0.0626. The fourth-order valence-corrected chi connectivity index (χ4v) is 3.70. The van der Waals surface area contributed by atoms with E-state index in [0.717, 1.165) is 24.1 Å². The van der Waals surface area contributed by atoms with Gasteiger partial charge in [0.15, 0.2) is 6.17 Å². The fourth-order valence-electron chi connectivity index (χ4n) is 3.70. The number of hydrogen-bond acceptors (Lipinski definition) is 2. The average Bonchev–Trinajstić information content (AvgIpc) is 2.99. The highest BCUT2D eigenvalue weighted by Crippen LogP contribution is 2.22. The van der Waals surface area contributed by atoms with E-state index in [-0.39, 0.29) is 5.91 Å².